The highest BCUT2D eigenvalue weighted by Crippen LogP contribution is 2.33. The number of carbonyl (C=O) groups is 2. The minimum atomic E-state index is -5.08. The summed E-state index contributed by atoms with van der Waals surface area (Å²) in [7, 11) is 1.60. The zero-order valence-corrected chi connectivity index (χ0v) is 20.3. The van der Waals surface area contributed by atoms with Gasteiger partial charge in [-0.05, 0) is 42.2 Å². The van der Waals surface area contributed by atoms with Gasteiger partial charge in [0.25, 0.3) is 5.91 Å². The Labute approximate surface area is 215 Å². The standard InChI is InChI=1S/C23H24FN5O2.C2HF3O2/c1-31-19-8-6-18(7-9-19)25-23(30)22-27-26-21-10-16-12-28(13-17(16)14-29(21)22)11-15-4-2-3-5-20(15)24;3-2(4,5)1(6)7/h2-9,16-17H,10-14H2,1H3,(H,25,30);(H,6,7). The highest BCUT2D eigenvalue weighted by atomic mass is 19.4. The number of carboxylic acids is 1. The van der Waals surface area contributed by atoms with E-state index in [-0.39, 0.29) is 11.7 Å². The van der Waals surface area contributed by atoms with Crippen molar-refractivity contribution in [1.82, 2.24) is 19.7 Å². The van der Waals surface area contributed by atoms with Gasteiger partial charge in [0.05, 0.1) is 7.11 Å². The van der Waals surface area contributed by atoms with Crippen molar-refractivity contribution in [2.24, 2.45) is 11.8 Å². The molecule has 0 spiro atoms. The monoisotopic (exact) mass is 535 g/mol. The molecule has 2 atom stereocenters. The molecule has 38 heavy (non-hydrogen) atoms. The number of anilines is 1. The number of carbonyl (C=O) groups excluding carboxylic acids is 1. The first-order valence-electron chi connectivity index (χ1n) is 11.7. The molecular weight excluding hydrogens is 510 g/mol. The van der Waals surface area contributed by atoms with E-state index in [1.54, 1.807) is 37.4 Å². The highest BCUT2D eigenvalue weighted by Gasteiger charge is 2.39. The maximum Gasteiger partial charge on any atom is 0.490 e. The fourth-order valence-electron chi connectivity index (χ4n) is 4.65. The predicted octanol–water partition coefficient (Wildman–Crippen LogP) is 3.62. The lowest BCUT2D eigenvalue weighted by atomic mass is 9.89. The second kappa shape index (κ2) is 11.2. The summed E-state index contributed by atoms with van der Waals surface area (Å²) in [5.74, 6) is -0.456. The summed E-state index contributed by atoms with van der Waals surface area (Å²) in [6, 6.07) is 14.1. The van der Waals surface area contributed by atoms with Gasteiger partial charge in [-0.15, -0.1) is 10.2 Å². The van der Waals surface area contributed by atoms with Crippen LogP contribution in [0.15, 0.2) is 48.5 Å². The lowest BCUT2D eigenvalue weighted by Crippen LogP contribution is -2.31. The van der Waals surface area contributed by atoms with Crippen LogP contribution in [-0.4, -0.2) is 63.0 Å². The number of benzene rings is 2. The third-order valence-electron chi connectivity index (χ3n) is 6.49. The number of nitrogens with zero attached hydrogens (tertiary/aromatic N) is 4. The first-order chi connectivity index (χ1) is 18.0. The topological polar surface area (TPSA) is 110 Å². The molecule has 2 aromatic carbocycles. The maximum absolute atomic E-state index is 14.0. The first-order valence-corrected chi connectivity index (χ1v) is 11.7. The van der Waals surface area contributed by atoms with Gasteiger partial charge in [-0.25, -0.2) is 9.18 Å². The van der Waals surface area contributed by atoms with Crippen LogP contribution in [0.1, 0.15) is 22.0 Å². The number of methoxy groups -OCH3 is 1. The second-order valence-corrected chi connectivity index (χ2v) is 9.05. The number of hydrogen-bond donors (Lipinski definition) is 2. The van der Waals surface area contributed by atoms with Crippen LogP contribution in [0, 0.1) is 17.7 Å². The van der Waals surface area contributed by atoms with Crippen LogP contribution in [0.25, 0.3) is 0 Å². The maximum atomic E-state index is 14.0. The van der Waals surface area contributed by atoms with Gasteiger partial charge in [0, 0.05) is 43.9 Å². The molecule has 1 amide bonds. The number of rotatable bonds is 5. The Morgan fingerprint density at radius 1 is 1.05 bits per heavy atom. The molecule has 3 aromatic rings. The van der Waals surface area contributed by atoms with Crippen LogP contribution < -0.4 is 10.1 Å². The van der Waals surface area contributed by atoms with E-state index in [1.165, 1.54) is 6.07 Å². The van der Waals surface area contributed by atoms with Gasteiger partial charge in [0.15, 0.2) is 0 Å². The largest absolute Gasteiger partial charge is 0.497 e. The van der Waals surface area contributed by atoms with Gasteiger partial charge in [-0.2, -0.15) is 13.2 Å². The molecule has 0 bridgehead atoms. The summed E-state index contributed by atoms with van der Waals surface area (Å²) in [4.78, 5) is 24.0. The van der Waals surface area contributed by atoms with E-state index < -0.39 is 12.1 Å². The van der Waals surface area contributed by atoms with E-state index in [0.29, 0.717) is 36.4 Å². The van der Waals surface area contributed by atoms with Crippen molar-refractivity contribution in [1.29, 1.82) is 0 Å². The van der Waals surface area contributed by atoms with Gasteiger partial charge in [-0.3, -0.25) is 9.69 Å². The van der Waals surface area contributed by atoms with Crippen LogP contribution in [-0.2, 0) is 24.3 Å². The summed E-state index contributed by atoms with van der Waals surface area (Å²) >= 11 is 0. The van der Waals surface area contributed by atoms with Crippen molar-refractivity contribution in [3.63, 3.8) is 0 Å². The summed E-state index contributed by atoms with van der Waals surface area (Å²) < 4.78 is 52.9. The second-order valence-electron chi connectivity index (χ2n) is 9.05. The normalized spacial score (nSPS) is 18.6. The molecule has 0 aliphatic carbocycles. The number of likely N-dealkylation sites (tertiary alicyclic amines) is 1. The minimum Gasteiger partial charge on any atom is -0.497 e. The van der Waals surface area contributed by atoms with E-state index in [1.807, 2.05) is 16.7 Å². The van der Waals surface area contributed by atoms with E-state index in [2.05, 4.69) is 20.4 Å². The Bertz CT molecular complexity index is 1300. The SMILES string of the molecule is COc1ccc(NC(=O)c2nnc3n2CC2CN(Cc4ccccc4F)CC2C3)cc1.O=C(O)C(F)(F)F. The molecular formula is C25H25F4N5O4. The number of alkyl halides is 3. The fourth-order valence-corrected chi connectivity index (χ4v) is 4.65. The Balaban J connectivity index is 0.000000426. The van der Waals surface area contributed by atoms with Crippen molar-refractivity contribution in [2.75, 3.05) is 25.5 Å². The van der Waals surface area contributed by atoms with Crippen molar-refractivity contribution in [2.45, 2.75) is 25.7 Å². The number of ether oxygens (including phenoxy) is 1. The Kier molecular flexibility index (Phi) is 7.95. The number of aromatic nitrogens is 3. The van der Waals surface area contributed by atoms with Crippen LogP contribution in [0.2, 0.25) is 0 Å². The summed E-state index contributed by atoms with van der Waals surface area (Å²) in [6.45, 7) is 3.08. The van der Waals surface area contributed by atoms with E-state index in [9.17, 15) is 22.4 Å². The lowest BCUT2D eigenvalue weighted by molar-refractivity contribution is -0.192. The Morgan fingerprint density at radius 2 is 1.71 bits per heavy atom. The smallest absolute Gasteiger partial charge is 0.490 e. The molecule has 5 rings (SSSR count). The molecule has 2 unspecified atom stereocenters. The lowest BCUT2D eigenvalue weighted by Gasteiger charge is -2.25. The number of fused-ring (bicyclic) bond motifs is 2. The molecule has 0 saturated carbocycles. The average Bonchev–Trinajstić information content (AvgIpc) is 3.47. The number of nitrogens with one attached hydrogen (secondary N) is 1. The van der Waals surface area contributed by atoms with Gasteiger partial charge < -0.3 is 19.7 Å². The van der Waals surface area contributed by atoms with Crippen molar-refractivity contribution in [3.05, 3.63) is 71.6 Å². The number of halogens is 4. The molecule has 13 heteroatoms. The van der Waals surface area contributed by atoms with Gasteiger partial charge in [0.2, 0.25) is 5.82 Å². The van der Waals surface area contributed by atoms with E-state index in [0.717, 1.165) is 36.6 Å². The number of aliphatic carboxylic acids is 1. The molecule has 9 nitrogen and oxygen atoms in total. The van der Waals surface area contributed by atoms with Gasteiger partial charge >= 0.3 is 12.1 Å². The van der Waals surface area contributed by atoms with Crippen LogP contribution in [0.5, 0.6) is 5.75 Å². The molecule has 3 heterocycles. The number of amides is 1. The van der Waals surface area contributed by atoms with Crippen LogP contribution in [0.3, 0.4) is 0 Å². The molecule has 1 aromatic heterocycles. The summed E-state index contributed by atoms with van der Waals surface area (Å²) in [6.07, 6.45) is -4.30. The molecule has 2 aliphatic rings. The summed E-state index contributed by atoms with van der Waals surface area (Å²) in [5, 5.41) is 18.5. The zero-order valence-electron chi connectivity index (χ0n) is 20.3. The zero-order chi connectivity index (χ0) is 27.4. The third kappa shape index (κ3) is 6.28. The fraction of sp³-hybridized carbons (Fsp3) is 0.360. The Hall–Kier alpha value is -4.00. The molecule has 1 saturated heterocycles. The predicted molar refractivity (Wildman–Crippen MR) is 127 cm³/mol. The van der Waals surface area contributed by atoms with Crippen LogP contribution in [0.4, 0.5) is 23.2 Å². The summed E-state index contributed by atoms with van der Waals surface area (Å²) in [5.41, 5.74) is 1.40. The number of carboxylic acid groups (broad SMARTS) is 1. The third-order valence-corrected chi connectivity index (χ3v) is 6.49. The minimum absolute atomic E-state index is 0.160. The van der Waals surface area contributed by atoms with Gasteiger partial charge in [0.1, 0.15) is 17.4 Å². The molecule has 0 radical (unpaired) electrons. The average molecular weight is 535 g/mol. The van der Waals surface area contributed by atoms with E-state index >= 15 is 0 Å². The van der Waals surface area contributed by atoms with Crippen molar-refractivity contribution < 1.29 is 37.0 Å². The quantitative estimate of drug-likeness (QED) is 0.481. The molecule has 2 N–H and O–H groups in total. The van der Waals surface area contributed by atoms with Crippen molar-refractivity contribution in [3.8, 4) is 5.75 Å². The molecule has 202 valence electrons. The van der Waals surface area contributed by atoms with Gasteiger partial charge in [-0.1, -0.05) is 18.2 Å². The molecule has 2 aliphatic heterocycles. The highest BCUT2D eigenvalue weighted by molar-refractivity contribution is 6.01. The number of hydrogen-bond acceptors (Lipinski definition) is 6. The first kappa shape index (κ1) is 27.0. The van der Waals surface area contributed by atoms with Crippen LogP contribution >= 0.6 is 0 Å². The molecule has 1 fully saturated rings. The Morgan fingerprint density at radius 3 is 2.34 bits per heavy atom. The van der Waals surface area contributed by atoms with E-state index in [4.69, 9.17) is 14.6 Å². The van der Waals surface area contributed by atoms with Crippen molar-refractivity contribution >= 4 is 17.6 Å².